The summed E-state index contributed by atoms with van der Waals surface area (Å²) in [6.45, 7) is 4.90. The average Bonchev–Trinajstić information content (AvgIpc) is 3.07. The SMILES string of the molecule is CC(C)NC(=O)Nc1ccc(CNC(=O)c2ccc3c(c2)CCO3)cc1. The monoisotopic (exact) mass is 353 g/mol. The molecule has 136 valence electrons. The standard InChI is InChI=1S/C20H23N3O3/c1-13(2)22-20(25)23-17-6-3-14(4-7-17)12-21-19(24)16-5-8-18-15(11-16)9-10-26-18/h3-8,11,13H,9-10,12H2,1-2H3,(H,21,24)(H2,22,23,25). The topological polar surface area (TPSA) is 79.5 Å². The average molecular weight is 353 g/mol. The third-order valence-electron chi connectivity index (χ3n) is 4.04. The number of rotatable bonds is 5. The first-order valence-electron chi connectivity index (χ1n) is 8.71. The van der Waals surface area contributed by atoms with E-state index in [9.17, 15) is 9.59 Å². The van der Waals surface area contributed by atoms with Crippen molar-refractivity contribution in [3.05, 3.63) is 59.2 Å². The highest BCUT2D eigenvalue weighted by molar-refractivity contribution is 5.94. The summed E-state index contributed by atoms with van der Waals surface area (Å²) in [5, 5.41) is 8.44. The molecule has 26 heavy (non-hydrogen) atoms. The Bertz CT molecular complexity index is 800. The van der Waals surface area contributed by atoms with E-state index in [0.717, 1.165) is 23.3 Å². The summed E-state index contributed by atoms with van der Waals surface area (Å²) in [5.74, 6) is 0.754. The summed E-state index contributed by atoms with van der Waals surface area (Å²) >= 11 is 0. The first-order chi connectivity index (χ1) is 12.5. The Morgan fingerprint density at radius 3 is 2.62 bits per heavy atom. The van der Waals surface area contributed by atoms with Gasteiger partial charge in [-0.2, -0.15) is 0 Å². The zero-order chi connectivity index (χ0) is 18.5. The maximum atomic E-state index is 12.3. The van der Waals surface area contributed by atoms with Crippen molar-refractivity contribution in [1.29, 1.82) is 0 Å². The lowest BCUT2D eigenvalue weighted by molar-refractivity contribution is 0.0951. The molecule has 1 aliphatic rings. The molecule has 3 rings (SSSR count). The number of hydrogen-bond acceptors (Lipinski definition) is 3. The molecule has 2 aromatic rings. The highest BCUT2D eigenvalue weighted by Crippen LogP contribution is 2.25. The number of carbonyl (C=O) groups is 2. The number of anilines is 1. The van der Waals surface area contributed by atoms with E-state index in [1.54, 1.807) is 6.07 Å². The maximum Gasteiger partial charge on any atom is 0.319 e. The Hall–Kier alpha value is -3.02. The zero-order valence-electron chi connectivity index (χ0n) is 15.0. The molecular weight excluding hydrogens is 330 g/mol. The summed E-state index contributed by atoms with van der Waals surface area (Å²) in [6, 6.07) is 12.7. The lowest BCUT2D eigenvalue weighted by atomic mass is 10.1. The number of fused-ring (bicyclic) bond motifs is 1. The minimum atomic E-state index is -0.235. The first kappa shape index (κ1) is 17.8. The van der Waals surface area contributed by atoms with Gasteiger partial charge >= 0.3 is 6.03 Å². The van der Waals surface area contributed by atoms with Crippen molar-refractivity contribution in [2.24, 2.45) is 0 Å². The second-order valence-corrected chi connectivity index (χ2v) is 6.55. The minimum Gasteiger partial charge on any atom is -0.493 e. The molecule has 2 aromatic carbocycles. The van der Waals surface area contributed by atoms with Gasteiger partial charge in [0.05, 0.1) is 6.61 Å². The molecule has 0 aromatic heterocycles. The quantitative estimate of drug-likeness (QED) is 0.773. The summed E-state index contributed by atoms with van der Waals surface area (Å²) in [4.78, 5) is 24.0. The van der Waals surface area contributed by atoms with E-state index in [4.69, 9.17) is 4.74 Å². The van der Waals surface area contributed by atoms with Crippen LogP contribution in [0, 0.1) is 0 Å². The summed E-state index contributed by atoms with van der Waals surface area (Å²) in [7, 11) is 0. The van der Waals surface area contributed by atoms with E-state index in [1.807, 2.05) is 50.2 Å². The van der Waals surface area contributed by atoms with E-state index in [2.05, 4.69) is 16.0 Å². The van der Waals surface area contributed by atoms with Gasteiger partial charge in [0, 0.05) is 30.3 Å². The van der Waals surface area contributed by atoms with Gasteiger partial charge in [-0.1, -0.05) is 12.1 Å². The molecule has 6 heteroatoms. The zero-order valence-corrected chi connectivity index (χ0v) is 15.0. The van der Waals surface area contributed by atoms with Crippen molar-refractivity contribution in [1.82, 2.24) is 10.6 Å². The Balaban J connectivity index is 1.53. The maximum absolute atomic E-state index is 12.3. The predicted molar refractivity (Wildman–Crippen MR) is 101 cm³/mol. The molecule has 0 atom stereocenters. The fourth-order valence-electron chi connectivity index (χ4n) is 2.75. The van der Waals surface area contributed by atoms with Gasteiger partial charge in [0.1, 0.15) is 5.75 Å². The Morgan fingerprint density at radius 1 is 1.12 bits per heavy atom. The van der Waals surface area contributed by atoms with Crippen molar-refractivity contribution < 1.29 is 14.3 Å². The molecule has 1 aliphatic heterocycles. The second kappa shape index (κ2) is 7.91. The summed E-state index contributed by atoms with van der Waals surface area (Å²) < 4.78 is 5.46. The van der Waals surface area contributed by atoms with Crippen LogP contribution in [0.15, 0.2) is 42.5 Å². The van der Waals surface area contributed by atoms with Crippen LogP contribution in [0.2, 0.25) is 0 Å². The molecular formula is C20H23N3O3. The first-order valence-corrected chi connectivity index (χ1v) is 8.71. The number of amides is 3. The molecule has 0 saturated heterocycles. The van der Waals surface area contributed by atoms with E-state index in [0.29, 0.717) is 24.4 Å². The summed E-state index contributed by atoms with van der Waals surface area (Å²) in [6.07, 6.45) is 0.843. The van der Waals surface area contributed by atoms with E-state index >= 15 is 0 Å². The molecule has 0 saturated carbocycles. The van der Waals surface area contributed by atoms with Crippen molar-refractivity contribution in [2.45, 2.75) is 32.9 Å². The van der Waals surface area contributed by atoms with Crippen LogP contribution in [0.25, 0.3) is 0 Å². The smallest absolute Gasteiger partial charge is 0.319 e. The van der Waals surface area contributed by atoms with Crippen LogP contribution in [0.4, 0.5) is 10.5 Å². The molecule has 0 fully saturated rings. The molecule has 0 bridgehead atoms. The lowest BCUT2D eigenvalue weighted by Gasteiger charge is -2.11. The number of benzene rings is 2. The van der Waals surface area contributed by atoms with Crippen LogP contribution in [0.1, 0.15) is 35.3 Å². The van der Waals surface area contributed by atoms with Crippen molar-refractivity contribution in [2.75, 3.05) is 11.9 Å². The summed E-state index contributed by atoms with van der Waals surface area (Å²) in [5.41, 5.74) is 3.38. The molecule has 0 unspecified atom stereocenters. The fourth-order valence-corrected chi connectivity index (χ4v) is 2.75. The van der Waals surface area contributed by atoms with Gasteiger partial charge in [-0.05, 0) is 55.3 Å². The number of carbonyl (C=O) groups excluding carboxylic acids is 2. The normalized spacial score (nSPS) is 12.3. The Morgan fingerprint density at radius 2 is 1.88 bits per heavy atom. The van der Waals surface area contributed by atoms with Crippen molar-refractivity contribution >= 4 is 17.6 Å². The van der Waals surface area contributed by atoms with Gasteiger partial charge in [0.15, 0.2) is 0 Å². The van der Waals surface area contributed by atoms with E-state index in [1.165, 1.54) is 0 Å². The van der Waals surface area contributed by atoms with Crippen LogP contribution >= 0.6 is 0 Å². The highest BCUT2D eigenvalue weighted by atomic mass is 16.5. The van der Waals surface area contributed by atoms with Gasteiger partial charge in [-0.15, -0.1) is 0 Å². The van der Waals surface area contributed by atoms with Gasteiger partial charge < -0.3 is 20.7 Å². The third-order valence-corrected chi connectivity index (χ3v) is 4.04. The molecule has 3 N–H and O–H groups in total. The lowest BCUT2D eigenvalue weighted by Crippen LogP contribution is -2.34. The van der Waals surface area contributed by atoms with Crippen LogP contribution in [0.3, 0.4) is 0 Å². The van der Waals surface area contributed by atoms with Crippen LogP contribution in [0.5, 0.6) is 5.75 Å². The molecule has 1 heterocycles. The highest BCUT2D eigenvalue weighted by Gasteiger charge is 2.14. The fraction of sp³-hybridized carbons (Fsp3) is 0.300. The third kappa shape index (κ3) is 4.53. The van der Waals surface area contributed by atoms with Crippen molar-refractivity contribution in [3.63, 3.8) is 0 Å². The largest absolute Gasteiger partial charge is 0.493 e. The molecule has 0 radical (unpaired) electrons. The van der Waals surface area contributed by atoms with Crippen LogP contribution in [-0.4, -0.2) is 24.6 Å². The van der Waals surface area contributed by atoms with Crippen LogP contribution in [-0.2, 0) is 13.0 Å². The Kier molecular flexibility index (Phi) is 5.41. The predicted octanol–water partition coefficient (Wildman–Crippen LogP) is 3.08. The van der Waals surface area contributed by atoms with E-state index < -0.39 is 0 Å². The van der Waals surface area contributed by atoms with Gasteiger partial charge in [0.25, 0.3) is 5.91 Å². The van der Waals surface area contributed by atoms with E-state index in [-0.39, 0.29) is 18.0 Å². The number of ether oxygens (including phenoxy) is 1. The minimum absolute atomic E-state index is 0.0789. The van der Waals surface area contributed by atoms with Crippen LogP contribution < -0.4 is 20.7 Å². The molecule has 0 spiro atoms. The molecule has 3 amide bonds. The number of nitrogens with one attached hydrogen (secondary N) is 3. The van der Waals surface area contributed by atoms with Gasteiger partial charge in [-0.3, -0.25) is 4.79 Å². The number of hydrogen-bond donors (Lipinski definition) is 3. The Labute approximate surface area is 152 Å². The molecule has 0 aliphatic carbocycles. The molecule has 6 nitrogen and oxygen atoms in total. The second-order valence-electron chi connectivity index (χ2n) is 6.55. The number of urea groups is 1. The van der Waals surface area contributed by atoms with Gasteiger partial charge in [-0.25, -0.2) is 4.79 Å². The van der Waals surface area contributed by atoms with Gasteiger partial charge in [0.2, 0.25) is 0 Å². The van der Waals surface area contributed by atoms with Crippen molar-refractivity contribution in [3.8, 4) is 5.75 Å².